The number of hydrogen-bond donors (Lipinski definition) is 2. The summed E-state index contributed by atoms with van der Waals surface area (Å²) >= 11 is 0. The van der Waals surface area contributed by atoms with Gasteiger partial charge >= 0.3 is 0 Å². The zero-order valence-electron chi connectivity index (χ0n) is 12.8. The summed E-state index contributed by atoms with van der Waals surface area (Å²) < 4.78 is 5.46. The highest BCUT2D eigenvalue weighted by molar-refractivity contribution is 5.82. The maximum absolute atomic E-state index is 12.2. The molecular formula is C15H24N4O2. The molecule has 1 unspecified atom stereocenters. The molecule has 1 atom stereocenters. The van der Waals surface area contributed by atoms with E-state index in [0.29, 0.717) is 26.3 Å². The second kappa shape index (κ2) is 7.95. The number of ether oxygens (including phenoxy) is 1. The Balaban J connectivity index is 1.98. The van der Waals surface area contributed by atoms with Crippen molar-refractivity contribution in [1.29, 1.82) is 0 Å². The number of nitrogens with one attached hydrogen (secondary N) is 2. The summed E-state index contributed by atoms with van der Waals surface area (Å²) in [6, 6.07) is 3.77. The summed E-state index contributed by atoms with van der Waals surface area (Å²) in [5.41, 5.74) is 1.10. The van der Waals surface area contributed by atoms with Crippen LogP contribution in [0.2, 0.25) is 0 Å². The van der Waals surface area contributed by atoms with Gasteiger partial charge in [-0.05, 0) is 18.1 Å². The molecule has 1 fully saturated rings. The Hall–Kier alpha value is -1.66. The molecule has 1 saturated heterocycles. The molecule has 0 radical (unpaired) electrons. The van der Waals surface area contributed by atoms with E-state index in [4.69, 9.17) is 4.74 Å². The van der Waals surface area contributed by atoms with Gasteiger partial charge in [-0.2, -0.15) is 0 Å². The predicted octanol–water partition coefficient (Wildman–Crippen LogP) is 0.850. The molecule has 0 aliphatic carbocycles. The second-order valence-electron chi connectivity index (χ2n) is 5.15. The van der Waals surface area contributed by atoms with E-state index in [-0.39, 0.29) is 11.9 Å². The van der Waals surface area contributed by atoms with E-state index in [1.807, 2.05) is 32.3 Å². The lowest BCUT2D eigenvalue weighted by Crippen LogP contribution is -2.53. The Bertz CT molecular complexity index is 449. The first-order valence-corrected chi connectivity index (χ1v) is 7.46. The minimum absolute atomic E-state index is 0.0522. The van der Waals surface area contributed by atoms with Crippen LogP contribution in [-0.4, -0.2) is 55.2 Å². The Morgan fingerprint density at radius 1 is 1.52 bits per heavy atom. The lowest BCUT2D eigenvalue weighted by atomic mass is 10.1. The number of carbonyl (C=O) groups excluding carboxylic acids is 1. The number of morpholine rings is 1. The topological polar surface area (TPSA) is 66.5 Å². The van der Waals surface area contributed by atoms with Gasteiger partial charge in [0, 0.05) is 32.9 Å². The summed E-state index contributed by atoms with van der Waals surface area (Å²) in [7, 11) is 1.85. The fourth-order valence-electron chi connectivity index (χ4n) is 2.34. The molecule has 1 aromatic rings. The summed E-state index contributed by atoms with van der Waals surface area (Å²) in [5.74, 6) is 0.898. The highest BCUT2D eigenvalue weighted by Crippen LogP contribution is 2.13. The fraction of sp³-hybridized carbons (Fsp3) is 0.600. The smallest absolute Gasteiger partial charge is 0.239 e. The summed E-state index contributed by atoms with van der Waals surface area (Å²) in [6.07, 6.45) is 2.79. The van der Waals surface area contributed by atoms with Crippen LogP contribution in [0, 0.1) is 0 Å². The Labute approximate surface area is 125 Å². The van der Waals surface area contributed by atoms with Gasteiger partial charge in [-0.1, -0.05) is 13.0 Å². The van der Waals surface area contributed by atoms with Crippen molar-refractivity contribution in [2.75, 3.05) is 38.7 Å². The van der Waals surface area contributed by atoms with Gasteiger partial charge in [-0.3, -0.25) is 9.69 Å². The molecular weight excluding hydrogens is 268 g/mol. The van der Waals surface area contributed by atoms with Crippen LogP contribution in [0.3, 0.4) is 0 Å². The molecule has 1 aromatic heterocycles. The van der Waals surface area contributed by atoms with Crippen LogP contribution in [0.25, 0.3) is 0 Å². The van der Waals surface area contributed by atoms with Crippen molar-refractivity contribution in [3.63, 3.8) is 0 Å². The van der Waals surface area contributed by atoms with Gasteiger partial charge < -0.3 is 15.4 Å². The standard InChI is InChI=1S/C15H24N4O2/c1-3-6-17-15(20)13-11-21-8-7-19(13)10-12-4-5-14(16-2)18-9-12/h4-5,9,13H,3,6-8,10-11H2,1-2H3,(H,16,18)(H,17,20). The first kappa shape index (κ1) is 15.7. The van der Waals surface area contributed by atoms with Crippen molar-refractivity contribution in [1.82, 2.24) is 15.2 Å². The zero-order chi connectivity index (χ0) is 15.1. The molecule has 21 heavy (non-hydrogen) atoms. The third kappa shape index (κ3) is 4.41. The number of aromatic nitrogens is 1. The monoisotopic (exact) mass is 292 g/mol. The molecule has 2 heterocycles. The van der Waals surface area contributed by atoms with Crippen molar-refractivity contribution >= 4 is 11.7 Å². The van der Waals surface area contributed by atoms with Gasteiger partial charge in [0.25, 0.3) is 0 Å². The molecule has 0 spiro atoms. The normalized spacial score (nSPS) is 19.2. The lowest BCUT2D eigenvalue weighted by molar-refractivity contribution is -0.132. The number of anilines is 1. The average Bonchev–Trinajstić information content (AvgIpc) is 2.54. The van der Waals surface area contributed by atoms with E-state index in [1.54, 1.807) is 0 Å². The molecule has 6 heteroatoms. The van der Waals surface area contributed by atoms with Crippen LogP contribution in [0.15, 0.2) is 18.3 Å². The van der Waals surface area contributed by atoms with Crippen LogP contribution in [0.4, 0.5) is 5.82 Å². The van der Waals surface area contributed by atoms with Crippen LogP contribution in [-0.2, 0) is 16.1 Å². The van der Waals surface area contributed by atoms with E-state index < -0.39 is 0 Å². The molecule has 0 bridgehead atoms. The quantitative estimate of drug-likeness (QED) is 0.814. The summed E-state index contributed by atoms with van der Waals surface area (Å²) in [5, 5.41) is 5.95. The van der Waals surface area contributed by atoms with Gasteiger partial charge in [-0.25, -0.2) is 4.98 Å². The molecule has 0 saturated carbocycles. The van der Waals surface area contributed by atoms with Gasteiger partial charge in [0.05, 0.1) is 13.2 Å². The number of pyridine rings is 1. The van der Waals surface area contributed by atoms with Crippen molar-refractivity contribution in [3.8, 4) is 0 Å². The maximum atomic E-state index is 12.2. The van der Waals surface area contributed by atoms with Crippen LogP contribution in [0.5, 0.6) is 0 Å². The molecule has 116 valence electrons. The molecule has 1 aliphatic rings. The van der Waals surface area contributed by atoms with E-state index in [9.17, 15) is 4.79 Å². The van der Waals surface area contributed by atoms with Crippen molar-refractivity contribution in [2.45, 2.75) is 25.9 Å². The van der Waals surface area contributed by atoms with Crippen LogP contribution in [0.1, 0.15) is 18.9 Å². The van der Waals surface area contributed by atoms with E-state index in [1.165, 1.54) is 0 Å². The van der Waals surface area contributed by atoms with Gasteiger partial charge in [-0.15, -0.1) is 0 Å². The maximum Gasteiger partial charge on any atom is 0.239 e. The molecule has 1 amide bonds. The molecule has 0 aromatic carbocycles. The zero-order valence-corrected chi connectivity index (χ0v) is 12.8. The van der Waals surface area contributed by atoms with Gasteiger partial charge in [0.2, 0.25) is 5.91 Å². The van der Waals surface area contributed by atoms with Gasteiger partial charge in [0.15, 0.2) is 0 Å². The van der Waals surface area contributed by atoms with Crippen molar-refractivity contribution in [3.05, 3.63) is 23.9 Å². The number of nitrogens with zero attached hydrogens (tertiary/aromatic N) is 2. The number of carbonyl (C=O) groups is 1. The minimum Gasteiger partial charge on any atom is -0.378 e. The molecule has 6 nitrogen and oxygen atoms in total. The van der Waals surface area contributed by atoms with Gasteiger partial charge in [0.1, 0.15) is 11.9 Å². The van der Waals surface area contributed by atoms with Crippen LogP contribution >= 0.6 is 0 Å². The van der Waals surface area contributed by atoms with Crippen molar-refractivity contribution < 1.29 is 9.53 Å². The lowest BCUT2D eigenvalue weighted by Gasteiger charge is -2.34. The Morgan fingerprint density at radius 3 is 3.05 bits per heavy atom. The number of hydrogen-bond acceptors (Lipinski definition) is 5. The first-order valence-electron chi connectivity index (χ1n) is 7.46. The number of rotatable bonds is 6. The molecule has 2 rings (SSSR count). The third-order valence-electron chi connectivity index (χ3n) is 3.56. The van der Waals surface area contributed by atoms with Crippen molar-refractivity contribution in [2.24, 2.45) is 0 Å². The minimum atomic E-state index is -0.214. The highest BCUT2D eigenvalue weighted by atomic mass is 16.5. The largest absolute Gasteiger partial charge is 0.378 e. The second-order valence-corrected chi connectivity index (χ2v) is 5.15. The molecule has 1 aliphatic heterocycles. The average molecular weight is 292 g/mol. The predicted molar refractivity (Wildman–Crippen MR) is 82.1 cm³/mol. The Kier molecular flexibility index (Phi) is 5.95. The molecule has 2 N–H and O–H groups in total. The first-order chi connectivity index (χ1) is 10.2. The number of amides is 1. The SMILES string of the molecule is CCCNC(=O)C1COCCN1Cc1ccc(NC)nc1. The third-order valence-corrected chi connectivity index (χ3v) is 3.56. The fourth-order valence-corrected chi connectivity index (χ4v) is 2.34. The summed E-state index contributed by atoms with van der Waals surface area (Å²) in [6.45, 7) is 5.35. The Morgan fingerprint density at radius 2 is 2.38 bits per heavy atom. The highest BCUT2D eigenvalue weighted by Gasteiger charge is 2.29. The summed E-state index contributed by atoms with van der Waals surface area (Å²) in [4.78, 5) is 18.7. The van der Waals surface area contributed by atoms with Crippen LogP contribution < -0.4 is 10.6 Å². The van der Waals surface area contributed by atoms with E-state index in [2.05, 4.69) is 20.5 Å². The van der Waals surface area contributed by atoms with E-state index in [0.717, 1.165) is 24.3 Å². The van der Waals surface area contributed by atoms with E-state index >= 15 is 0 Å².